The molecule has 0 aliphatic carbocycles. The molecular weight excluding hydrogens is 399 g/mol. The molecule has 2 aliphatic rings. The number of aryl methyl sites for hydroxylation is 1. The number of piperidine rings is 1. The zero-order valence-electron chi connectivity index (χ0n) is 16.1. The van der Waals surface area contributed by atoms with Crippen LogP contribution < -0.4 is 15.5 Å². The van der Waals surface area contributed by atoms with E-state index in [9.17, 15) is 18.0 Å². The Kier molecular flexibility index (Phi) is 4.24. The number of amides is 1. The molecule has 2 N–H and O–H groups in total. The normalized spacial score (nSPS) is 21.4. The summed E-state index contributed by atoms with van der Waals surface area (Å²) in [6, 6.07) is 7.39. The average molecular weight is 419 g/mol. The van der Waals surface area contributed by atoms with Gasteiger partial charge in [-0.1, -0.05) is 0 Å². The lowest BCUT2D eigenvalue weighted by Crippen LogP contribution is -2.39. The lowest BCUT2D eigenvalue weighted by atomic mass is 10.0. The third-order valence-electron chi connectivity index (χ3n) is 5.68. The second-order valence-corrected chi connectivity index (χ2v) is 7.83. The maximum absolute atomic E-state index is 13.2. The molecule has 0 aromatic carbocycles. The number of fused-ring (bicyclic) bond motifs is 3. The number of nitrogens with zero attached hydrogens (tertiary/aromatic N) is 5. The van der Waals surface area contributed by atoms with E-state index in [4.69, 9.17) is 0 Å². The number of nitrogens with one attached hydrogen (secondary N) is 2. The van der Waals surface area contributed by atoms with Gasteiger partial charge in [0.05, 0.1) is 11.2 Å². The van der Waals surface area contributed by atoms with Crippen molar-refractivity contribution < 1.29 is 18.0 Å². The van der Waals surface area contributed by atoms with E-state index in [0.717, 1.165) is 42.8 Å². The Balaban J connectivity index is 1.46. The van der Waals surface area contributed by atoms with Crippen LogP contribution in [0, 0.1) is 5.92 Å². The van der Waals surface area contributed by atoms with Gasteiger partial charge in [0.1, 0.15) is 11.5 Å². The van der Waals surface area contributed by atoms with E-state index in [-0.39, 0.29) is 11.4 Å². The van der Waals surface area contributed by atoms with Gasteiger partial charge in [0.15, 0.2) is 5.69 Å². The number of hydrogen-bond donors (Lipinski definition) is 2. The van der Waals surface area contributed by atoms with Gasteiger partial charge in [0.25, 0.3) is 5.91 Å². The summed E-state index contributed by atoms with van der Waals surface area (Å²) in [7, 11) is 1.37. The van der Waals surface area contributed by atoms with Crippen molar-refractivity contribution in [2.24, 2.45) is 13.0 Å². The van der Waals surface area contributed by atoms with E-state index < -0.39 is 17.8 Å². The summed E-state index contributed by atoms with van der Waals surface area (Å²) in [6.45, 7) is 2.76. The first-order valence-electron chi connectivity index (χ1n) is 9.68. The monoisotopic (exact) mass is 419 g/mol. The lowest BCUT2D eigenvalue weighted by Gasteiger charge is -2.25. The van der Waals surface area contributed by atoms with Gasteiger partial charge < -0.3 is 15.5 Å². The van der Waals surface area contributed by atoms with Crippen LogP contribution in [0.15, 0.2) is 30.5 Å². The Bertz CT molecular complexity index is 1120. The molecular formula is C19H20F3N7O. The minimum absolute atomic E-state index is 0.157. The third kappa shape index (κ3) is 3.18. The van der Waals surface area contributed by atoms with Crippen LogP contribution in [0.25, 0.3) is 5.52 Å². The fourth-order valence-electron chi connectivity index (χ4n) is 4.37. The average Bonchev–Trinajstić information content (AvgIpc) is 3.36. The molecule has 0 saturated carbocycles. The zero-order valence-corrected chi connectivity index (χ0v) is 16.1. The fraction of sp³-hybridized carbons (Fsp3) is 0.421. The minimum Gasteiger partial charge on any atom is -0.351 e. The second kappa shape index (κ2) is 6.73. The highest BCUT2D eigenvalue weighted by molar-refractivity contribution is 6.04. The summed E-state index contributed by atoms with van der Waals surface area (Å²) in [5.41, 5.74) is -0.680. The lowest BCUT2D eigenvalue weighted by molar-refractivity contribution is -0.140. The molecule has 2 saturated heterocycles. The molecule has 5 heterocycles. The van der Waals surface area contributed by atoms with Crippen molar-refractivity contribution in [2.45, 2.75) is 18.6 Å². The Labute approximate surface area is 169 Å². The van der Waals surface area contributed by atoms with Gasteiger partial charge in [0, 0.05) is 32.4 Å². The quantitative estimate of drug-likeness (QED) is 0.680. The first-order valence-corrected chi connectivity index (χ1v) is 9.68. The molecule has 0 unspecified atom stereocenters. The fourth-order valence-corrected chi connectivity index (χ4v) is 4.37. The summed E-state index contributed by atoms with van der Waals surface area (Å²) in [5.74, 6) is 0.640. The largest absolute Gasteiger partial charge is 0.437 e. The molecule has 3 aromatic heterocycles. The number of rotatable bonds is 3. The maximum Gasteiger partial charge on any atom is 0.437 e. The molecule has 2 atom stereocenters. The van der Waals surface area contributed by atoms with Gasteiger partial charge in [-0.25, -0.2) is 4.52 Å². The molecule has 2 bridgehead atoms. The summed E-state index contributed by atoms with van der Waals surface area (Å²) >= 11 is 0. The molecule has 3 aromatic rings. The van der Waals surface area contributed by atoms with Crippen molar-refractivity contribution in [3.05, 3.63) is 41.9 Å². The van der Waals surface area contributed by atoms with Crippen molar-refractivity contribution in [3.63, 3.8) is 0 Å². The summed E-state index contributed by atoms with van der Waals surface area (Å²) in [5, 5.41) is 13.8. The molecule has 2 fully saturated rings. The van der Waals surface area contributed by atoms with Crippen LogP contribution in [0.5, 0.6) is 0 Å². The molecule has 30 heavy (non-hydrogen) atoms. The topological polar surface area (TPSA) is 79.5 Å². The molecule has 8 nitrogen and oxygen atoms in total. The Morgan fingerprint density at radius 1 is 1.20 bits per heavy atom. The molecule has 5 rings (SSSR count). The zero-order chi connectivity index (χ0) is 21.0. The predicted molar refractivity (Wildman–Crippen MR) is 103 cm³/mol. The molecule has 158 valence electrons. The number of carbonyl (C=O) groups is 1. The van der Waals surface area contributed by atoms with E-state index in [2.05, 4.69) is 25.7 Å². The minimum atomic E-state index is -4.67. The van der Waals surface area contributed by atoms with Crippen molar-refractivity contribution in [3.8, 4) is 0 Å². The van der Waals surface area contributed by atoms with Gasteiger partial charge in [-0.3, -0.25) is 9.48 Å². The first-order chi connectivity index (χ1) is 14.3. The van der Waals surface area contributed by atoms with Gasteiger partial charge in [-0.15, -0.1) is 5.10 Å². The number of halogens is 3. The maximum atomic E-state index is 13.2. The van der Waals surface area contributed by atoms with Crippen molar-refractivity contribution in [1.29, 1.82) is 0 Å². The second-order valence-electron chi connectivity index (χ2n) is 7.83. The van der Waals surface area contributed by atoms with Gasteiger partial charge in [-0.05, 0) is 43.1 Å². The Hall–Kier alpha value is -3.08. The van der Waals surface area contributed by atoms with Crippen molar-refractivity contribution in [1.82, 2.24) is 24.7 Å². The number of hydrogen-bond acceptors (Lipinski definition) is 5. The standard InChI is InChI=1S/C19H20F3N7O/c1-27-10-14(17(26-27)19(20,21)22)24-18(30)15-4-2-12-3-5-16(25-29(12)15)28-9-11-6-13(28)8-23-7-11/h2-5,10-11,13,23H,6-9H2,1H3,(H,24,30)/t11-,13+/m1/s1. The van der Waals surface area contributed by atoms with E-state index in [1.54, 1.807) is 12.1 Å². The third-order valence-corrected chi connectivity index (χ3v) is 5.68. The Morgan fingerprint density at radius 3 is 2.77 bits per heavy atom. The van der Waals surface area contributed by atoms with Crippen LogP contribution in [-0.4, -0.2) is 51.0 Å². The molecule has 2 aliphatic heterocycles. The summed E-state index contributed by atoms with van der Waals surface area (Å²) in [6.07, 6.45) is -2.43. The van der Waals surface area contributed by atoms with Crippen LogP contribution in [0.2, 0.25) is 0 Å². The molecule has 11 heteroatoms. The van der Waals surface area contributed by atoms with Crippen LogP contribution in [0.1, 0.15) is 22.6 Å². The highest BCUT2D eigenvalue weighted by Gasteiger charge is 2.38. The van der Waals surface area contributed by atoms with Gasteiger partial charge in [-0.2, -0.15) is 18.3 Å². The molecule has 1 amide bonds. The Morgan fingerprint density at radius 2 is 2.00 bits per heavy atom. The van der Waals surface area contributed by atoms with Crippen molar-refractivity contribution >= 4 is 22.9 Å². The summed E-state index contributed by atoms with van der Waals surface area (Å²) < 4.78 is 42.0. The van der Waals surface area contributed by atoms with E-state index in [1.165, 1.54) is 11.6 Å². The van der Waals surface area contributed by atoms with Gasteiger partial charge in [0.2, 0.25) is 0 Å². The highest BCUT2D eigenvalue weighted by Crippen LogP contribution is 2.34. The number of alkyl halides is 3. The number of anilines is 2. The van der Waals surface area contributed by atoms with E-state index >= 15 is 0 Å². The van der Waals surface area contributed by atoms with E-state index in [1.807, 2.05) is 12.1 Å². The highest BCUT2D eigenvalue weighted by atomic mass is 19.4. The molecule has 0 radical (unpaired) electrons. The van der Waals surface area contributed by atoms with Gasteiger partial charge >= 0.3 is 6.18 Å². The van der Waals surface area contributed by atoms with Crippen molar-refractivity contribution in [2.75, 3.05) is 29.9 Å². The number of carbonyl (C=O) groups excluding carboxylic acids is 1. The summed E-state index contributed by atoms with van der Waals surface area (Å²) in [4.78, 5) is 15.0. The first kappa shape index (κ1) is 18.9. The van der Waals surface area contributed by atoms with Crippen LogP contribution in [0.3, 0.4) is 0 Å². The van der Waals surface area contributed by atoms with Crippen LogP contribution in [0.4, 0.5) is 24.7 Å². The van der Waals surface area contributed by atoms with E-state index in [0.29, 0.717) is 17.5 Å². The smallest absolute Gasteiger partial charge is 0.351 e. The number of aromatic nitrogens is 4. The van der Waals surface area contributed by atoms with Crippen LogP contribution >= 0.6 is 0 Å². The SMILES string of the molecule is Cn1cc(NC(=O)c2ccc3ccc(N4C[C@H]5CNC[C@@H]4C5)nn23)c(C(F)(F)F)n1. The predicted octanol–water partition coefficient (Wildman–Crippen LogP) is 2.14. The van der Waals surface area contributed by atoms with Crippen LogP contribution in [-0.2, 0) is 13.2 Å². The molecule has 0 spiro atoms.